The molecule has 1 atom stereocenters. The van der Waals surface area contributed by atoms with E-state index in [1.165, 1.54) is 0 Å². The van der Waals surface area contributed by atoms with Crippen LogP contribution in [0, 0.1) is 5.82 Å². The predicted octanol–water partition coefficient (Wildman–Crippen LogP) is 0.825. The number of hydrogen-bond donors (Lipinski definition) is 1. The second kappa shape index (κ2) is 4.63. The summed E-state index contributed by atoms with van der Waals surface area (Å²) in [6, 6.07) is 0. The van der Waals surface area contributed by atoms with Gasteiger partial charge in [-0.15, -0.1) is 0 Å². The molecule has 0 saturated carbocycles. The molecule has 0 spiro atoms. The number of rotatable bonds is 4. The zero-order valence-corrected chi connectivity index (χ0v) is 8.91. The van der Waals surface area contributed by atoms with E-state index < -0.39 is 21.2 Å². The van der Waals surface area contributed by atoms with Gasteiger partial charge in [0.2, 0.25) is 0 Å². The summed E-state index contributed by atoms with van der Waals surface area (Å²) in [4.78, 5) is 7.24. The van der Waals surface area contributed by atoms with Crippen LogP contribution in [0.25, 0.3) is 0 Å². The summed E-state index contributed by atoms with van der Waals surface area (Å²) < 4.78 is 43.0. The van der Waals surface area contributed by atoms with Gasteiger partial charge in [-0.05, 0) is 6.42 Å². The van der Waals surface area contributed by atoms with Crippen molar-refractivity contribution in [1.29, 1.82) is 0 Å². The van der Waals surface area contributed by atoms with E-state index in [1.807, 2.05) is 0 Å². The second-order valence-electron chi connectivity index (χ2n) is 3.07. The summed E-state index contributed by atoms with van der Waals surface area (Å²) in [7, 11) is -4.10. The van der Waals surface area contributed by atoms with Crippen LogP contribution in [0.5, 0.6) is 0 Å². The van der Waals surface area contributed by atoms with Crippen LogP contribution >= 0.6 is 0 Å². The summed E-state index contributed by atoms with van der Waals surface area (Å²) in [5, 5.41) is -0.942. The highest BCUT2D eigenvalue weighted by Crippen LogP contribution is 2.09. The molecule has 0 unspecified atom stereocenters. The third-order valence-electron chi connectivity index (χ3n) is 1.96. The number of hydrogen-bond acceptors (Lipinski definition) is 4. The third kappa shape index (κ3) is 3.52. The van der Waals surface area contributed by atoms with E-state index in [0.29, 0.717) is 0 Å². The summed E-state index contributed by atoms with van der Waals surface area (Å²) in [5.74, 6) is -0.389. The Kier molecular flexibility index (Phi) is 3.70. The Hall–Kier alpha value is -1.08. The molecule has 1 heterocycles. The Balaban J connectivity index is 2.80. The zero-order chi connectivity index (χ0) is 11.5. The molecule has 0 amide bonds. The van der Waals surface area contributed by atoms with Gasteiger partial charge in [-0.25, -0.2) is 14.4 Å². The molecule has 1 rings (SSSR count). The van der Waals surface area contributed by atoms with Crippen LogP contribution in [0.4, 0.5) is 4.39 Å². The van der Waals surface area contributed by atoms with Gasteiger partial charge in [-0.2, -0.15) is 8.42 Å². The van der Waals surface area contributed by atoms with Gasteiger partial charge in [0.25, 0.3) is 10.1 Å². The van der Waals surface area contributed by atoms with Gasteiger partial charge in [-0.1, -0.05) is 6.92 Å². The lowest BCUT2D eigenvalue weighted by Gasteiger charge is -2.09. The summed E-state index contributed by atoms with van der Waals surface area (Å²) >= 11 is 0. The SMILES string of the molecule is CC[C@@H](Cc1ncc(F)cn1)S(=O)(=O)O. The van der Waals surface area contributed by atoms with E-state index in [1.54, 1.807) is 6.92 Å². The molecule has 0 saturated heterocycles. The van der Waals surface area contributed by atoms with E-state index in [0.717, 1.165) is 12.4 Å². The van der Waals surface area contributed by atoms with Crippen LogP contribution in [0.1, 0.15) is 19.2 Å². The van der Waals surface area contributed by atoms with Crippen LogP contribution in [-0.4, -0.2) is 28.2 Å². The largest absolute Gasteiger partial charge is 0.285 e. The first-order valence-corrected chi connectivity index (χ1v) is 5.86. The second-order valence-corrected chi connectivity index (χ2v) is 4.76. The van der Waals surface area contributed by atoms with Gasteiger partial charge in [0.15, 0.2) is 5.82 Å². The Bertz CT molecular complexity index is 418. The van der Waals surface area contributed by atoms with Gasteiger partial charge >= 0.3 is 0 Å². The summed E-state index contributed by atoms with van der Waals surface area (Å²) in [6.07, 6.45) is 2.15. The maximum Gasteiger partial charge on any atom is 0.268 e. The fourth-order valence-corrected chi connectivity index (χ4v) is 1.89. The van der Waals surface area contributed by atoms with Gasteiger partial charge in [0.05, 0.1) is 17.6 Å². The monoisotopic (exact) mass is 234 g/mol. The molecule has 7 heteroatoms. The van der Waals surface area contributed by atoms with Gasteiger partial charge in [-0.3, -0.25) is 4.55 Å². The molecule has 0 bridgehead atoms. The Morgan fingerprint density at radius 3 is 2.40 bits per heavy atom. The van der Waals surface area contributed by atoms with E-state index in [9.17, 15) is 12.8 Å². The van der Waals surface area contributed by atoms with Crippen LogP contribution in [0.3, 0.4) is 0 Å². The van der Waals surface area contributed by atoms with Gasteiger partial charge in [0, 0.05) is 6.42 Å². The molecule has 0 aliphatic heterocycles. The first-order valence-electron chi connectivity index (χ1n) is 4.36. The highest BCUT2D eigenvalue weighted by atomic mass is 32.2. The molecule has 0 aromatic carbocycles. The highest BCUT2D eigenvalue weighted by molar-refractivity contribution is 7.86. The van der Waals surface area contributed by atoms with Crippen molar-refractivity contribution in [3.63, 3.8) is 0 Å². The minimum atomic E-state index is -4.10. The van der Waals surface area contributed by atoms with Gasteiger partial charge in [0.1, 0.15) is 5.82 Å². The lowest BCUT2D eigenvalue weighted by molar-refractivity contribution is 0.461. The van der Waals surface area contributed by atoms with Crippen molar-refractivity contribution in [3.8, 4) is 0 Å². The average molecular weight is 234 g/mol. The maximum absolute atomic E-state index is 12.4. The van der Waals surface area contributed by atoms with E-state index in [-0.39, 0.29) is 18.7 Å². The first-order chi connectivity index (χ1) is 6.93. The summed E-state index contributed by atoms with van der Waals surface area (Å²) in [5.41, 5.74) is 0. The minimum Gasteiger partial charge on any atom is -0.285 e. The lowest BCUT2D eigenvalue weighted by atomic mass is 10.2. The van der Waals surface area contributed by atoms with Crippen molar-refractivity contribution >= 4 is 10.1 Å². The number of halogens is 1. The van der Waals surface area contributed by atoms with Crippen molar-refractivity contribution in [1.82, 2.24) is 9.97 Å². The molecule has 84 valence electrons. The van der Waals surface area contributed by atoms with Crippen molar-refractivity contribution < 1.29 is 17.4 Å². The molecule has 0 aliphatic carbocycles. The molecule has 5 nitrogen and oxygen atoms in total. The standard InChI is InChI=1S/C8H11FN2O3S/c1-2-7(15(12,13)14)3-8-10-4-6(9)5-11-8/h4-5,7H,2-3H2,1H3,(H,12,13,14)/t7-/m0/s1. The number of aromatic nitrogens is 2. The zero-order valence-electron chi connectivity index (χ0n) is 8.09. The Labute approximate surface area is 87.1 Å². The molecule has 1 aromatic rings. The minimum absolute atomic E-state index is 0.0182. The van der Waals surface area contributed by atoms with Crippen molar-refractivity contribution in [3.05, 3.63) is 24.0 Å². The lowest BCUT2D eigenvalue weighted by Crippen LogP contribution is -2.23. The van der Waals surface area contributed by atoms with Crippen molar-refractivity contribution in [2.45, 2.75) is 25.0 Å². The van der Waals surface area contributed by atoms with Crippen LogP contribution in [-0.2, 0) is 16.5 Å². The molecule has 1 N–H and O–H groups in total. The molecule has 15 heavy (non-hydrogen) atoms. The van der Waals surface area contributed by atoms with Crippen LogP contribution < -0.4 is 0 Å². The predicted molar refractivity (Wildman–Crippen MR) is 51.3 cm³/mol. The van der Waals surface area contributed by atoms with E-state index in [4.69, 9.17) is 4.55 Å². The molecular formula is C8H11FN2O3S. The van der Waals surface area contributed by atoms with Gasteiger partial charge < -0.3 is 0 Å². The van der Waals surface area contributed by atoms with Crippen LogP contribution in [0.2, 0.25) is 0 Å². The molecular weight excluding hydrogens is 223 g/mol. The van der Waals surface area contributed by atoms with E-state index in [2.05, 4.69) is 9.97 Å². The Morgan fingerprint density at radius 1 is 1.47 bits per heavy atom. The van der Waals surface area contributed by atoms with Crippen molar-refractivity contribution in [2.24, 2.45) is 0 Å². The molecule has 0 radical (unpaired) electrons. The molecule has 1 aromatic heterocycles. The maximum atomic E-state index is 12.4. The smallest absolute Gasteiger partial charge is 0.268 e. The normalized spacial score (nSPS) is 13.8. The number of nitrogens with zero attached hydrogens (tertiary/aromatic N) is 2. The van der Waals surface area contributed by atoms with Crippen LogP contribution in [0.15, 0.2) is 12.4 Å². The third-order valence-corrected chi connectivity index (χ3v) is 3.30. The summed E-state index contributed by atoms with van der Waals surface area (Å²) in [6.45, 7) is 1.63. The molecule has 0 fully saturated rings. The topological polar surface area (TPSA) is 80.2 Å². The quantitative estimate of drug-likeness (QED) is 0.780. The molecule has 0 aliphatic rings. The Morgan fingerprint density at radius 2 is 2.00 bits per heavy atom. The van der Waals surface area contributed by atoms with E-state index >= 15 is 0 Å². The first kappa shape index (κ1) is 12.0. The van der Waals surface area contributed by atoms with Crippen molar-refractivity contribution in [2.75, 3.05) is 0 Å². The highest BCUT2D eigenvalue weighted by Gasteiger charge is 2.22. The fourth-order valence-electron chi connectivity index (χ4n) is 1.11. The fraction of sp³-hybridized carbons (Fsp3) is 0.500. The average Bonchev–Trinajstić information content (AvgIpc) is 2.15.